The number of hydrogen-bond acceptors (Lipinski definition) is 2. The summed E-state index contributed by atoms with van der Waals surface area (Å²) >= 11 is 0. The molecule has 0 unspecified atom stereocenters. The highest BCUT2D eigenvalue weighted by Gasteiger charge is 2.35. The SMILES string of the molecule is O=C(NCC1CCN(C(=O)C2CC2)CC1)C1CC1. The van der Waals surface area contributed by atoms with E-state index in [1.54, 1.807) is 0 Å². The van der Waals surface area contributed by atoms with Crippen LogP contribution in [0.3, 0.4) is 0 Å². The van der Waals surface area contributed by atoms with Gasteiger partial charge in [-0.1, -0.05) is 0 Å². The first kappa shape index (κ1) is 12.0. The van der Waals surface area contributed by atoms with E-state index in [-0.39, 0.29) is 5.91 Å². The lowest BCUT2D eigenvalue weighted by Gasteiger charge is -2.32. The lowest BCUT2D eigenvalue weighted by Crippen LogP contribution is -2.42. The molecule has 1 N–H and O–H groups in total. The van der Waals surface area contributed by atoms with Crippen molar-refractivity contribution in [3.05, 3.63) is 0 Å². The molecule has 18 heavy (non-hydrogen) atoms. The molecule has 0 aromatic heterocycles. The zero-order valence-corrected chi connectivity index (χ0v) is 10.9. The van der Waals surface area contributed by atoms with Gasteiger partial charge in [-0.05, 0) is 44.4 Å². The smallest absolute Gasteiger partial charge is 0.225 e. The Balaban J connectivity index is 1.36. The second kappa shape index (κ2) is 4.90. The minimum atomic E-state index is 0.242. The summed E-state index contributed by atoms with van der Waals surface area (Å²) in [6, 6.07) is 0. The number of amides is 2. The quantitative estimate of drug-likeness (QED) is 0.814. The predicted molar refractivity (Wildman–Crippen MR) is 67.8 cm³/mol. The van der Waals surface area contributed by atoms with Crippen LogP contribution in [-0.2, 0) is 9.59 Å². The highest BCUT2D eigenvalue weighted by molar-refractivity contribution is 5.81. The van der Waals surface area contributed by atoms with Gasteiger partial charge in [0.2, 0.25) is 11.8 Å². The highest BCUT2D eigenvalue weighted by Crippen LogP contribution is 2.32. The van der Waals surface area contributed by atoms with Gasteiger partial charge in [-0.25, -0.2) is 0 Å². The molecule has 100 valence electrons. The van der Waals surface area contributed by atoms with E-state index in [9.17, 15) is 9.59 Å². The Kier molecular flexibility index (Phi) is 3.27. The minimum absolute atomic E-state index is 0.242. The second-order valence-electron chi connectivity index (χ2n) is 6.06. The Morgan fingerprint density at radius 3 is 2.11 bits per heavy atom. The summed E-state index contributed by atoms with van der Waals surface area (Å²) in [4.78, 5) is 25.5. The average Bonchev–Trinajstić information content (AvgIpc) is 3.28. The summed E-state index contributed by atoms with van der Waals surface area (Å²) in [5.74, 6) is 1.83. The molecule has 0 atom stereocenters. The predicted octanol–water partition coefficient (Wildman–Crippen LogP) is 1.16. The van der Waals surface area contributed by atoms with Gasteiger partial charge in [0, 0.05) is 31.5 Å². The Morgan fingerprint density at radius 1 is 0.944 bits per heavy atom. The average molecular weight is 250 g/mol. The first-order valence-electron chi connectivity index (χ1n) is 7.30. The molecule has 1 heterocycles. The summed E-state index contributed by atoms with van der Waals surface area (Å²) in [6.45, 7) is 2.58. The van der Waals surface area contributed by atoms with Crippen molar-refractivity contribution < 1.29 is 9.59 Å². The summed E-state index contributed by atoms with van der Waals surface area (Å²) < 4.78 is 0. The topological polar surface area (TPSA) is 49.4 Å². The third kappa shape index (κ3) is 2.85. The van der Waals surface area contributed by atoms with Crippen molar-refractivity contribution in [3.8, 4) is 0 Å². The molecule has 4 nitrogen and oxygen atoms in total. The fourth-order valence-corrected chi connectivity index (χ4v) is 2.68. The highest BCUT2D eigenvalue weighted by atomic mass is 16.2. The lowest BCUT2D eigenvalue weighted by molar-refractivity contribution is -0.134. The fourth-order valence-electron chi connectivity index (χ4n) is 2.68. The van der Waals surface area contributed by atoms with E-state index in [4.69, 9.17) is 0 Å². The molecule has 0 spiro atoms. The van der Waals surface area contributed by atoms with E-state index >= 15 is 0 Å². The van der Waals surface area contributed by atoms with Gasteiger partial charge in [-0.3, -0.25) is 9.59 Å². The normalized spacial score (nSPS) is 25.0. The molecule has 3 aliphatic rings. The summed E-state index contributed by atoms with van der Waals surface area (Å²) in [5, 5.41) is 3.05. The van der Waals surface area contributed by atoms with Gasteiger partial charge in [-0.2, -0.15) is 0 Å². The van der Waals surface area contributed by atoms with Crippen molar-refractivity contribution in [1.29, 1.82) is 0 Å². The largest absolute Gasteiger partial charge is 0.356 e. The molecule has 4 heteroatoms. The van der Waals surface area contributed by atoms with Gasteiger partial charge in [0.05, 0.1) is 0 Å². The van der Waals surface area contributed by atoms with E-state index in [0.29, 0.717) is 23.7 Å². The molecule has 2 aliphatic carbocycles. The summed E-state index contributed by atoms with van der Waals surface area (Å²) in [5.41, 5.74) is 0. The number of hydrogen-bond donors (Lipinski definition) is 1. The van der Waals surface area contributed by atoms with Crippen LogP contribution in [0.2, 0.25) is 0 Å². The number of likely N-dealkylation sites (tertiary alicyclic amines) is 1. The van der Waals surface area contributed by atoms with Gasteiger partial charge in [0.15, 0.2) is 0 Å². The molecule has 2 saturated carbocycles. The van der Waals surface area contributed by atoms with Gasteiger partial charge >= 0.3 is 0 Å². The first-order chi connectivity index (χ1) is 8.74. The van der Waals surface area contributed by atoms with Crippen LogP contribution in [0.15, 0.2) is 0 Å². The third-order valence-electron chi connectivity index (χ3n) is 4.37. The molecule has 3 rings (SSSR count). The molecule has 2 amide bonds. The van der Waals surface area contributed by atoms with Crippen LogP contribution in [-0.4, -0.2) is 36.3 Å². The van der Waals surface area contributed by atoms with Crippen molar-refractivity contribution in [2.24, 2.45) is 17.8 Å². The van der Waals surface area contributed by atoms with Crippen LogP contribution < -0.4 is 5.32 Å². The zero-order chi connectivity index (χ0) is 12.5. The maximum atomic E-state index is 11.9. The molecule has 0 aromatic carbocycles. The van der Waals surface area contributed by atoms with Crippen molar-refractivity contribution >= 4 is 11.8 Å². The van der Waals surface area contributed by atoms with Gasteiger partial charge in [0.25, 0.3) is 0 Å². The summed E-state index contributed by atoms with van der Waals surface area (Å²) in [6.07, 6.45) is 6.42. The maximum Gasteiger partial charge on any atom is 0.225 e. The van der Waals surface area contributed by atoms with Crippen LogP contribution >= 0.6 is 0 Å². The molecule has 0 bridgehead atoms. The van der Waals surface area contributed by atoms with Crippen LogP contribution in [0, 0.1) is 17.8 Å². The van der Waals surface area contributed by atoms with Crippen LogP contribution in [0.25, 0.3) is 0 Å². The molecule has 1 saturated heterocycles. The fraction of sp³-hybridized carbons (Fsp3) is 0.857. The van der Waals surface area contributed by atoms with Crippen LogP contribution in [0.1, 0.15) is 38.5 Å². The molecular formula is C14H22N2O2. The monoisotopic (exact) mass is 250 g/mol. The van der Waals surface area contributed by atoms with E-state index in [2.05, 4.69) is 5.32 Å². The molecular weight excluding hydrogens is 228 g/mol. The molecule has 0 radical (unpaired) electrons. The first-order valence-corrected chi connectivity index (χ1v) is 7.30. The van der Waals surface area contributed by atoms with E-state index in [0.717, 1.165) is 58.2 Å². The number of carbonyl (C=O) groups excluding carboxylic acids is 2. The maximum absolute atomic E-state index is 11.9. The van der Waals surface area contributed by atoms with Gasteiger partial charge < -0.3 is 10.2 Å². The number of nitrogens with one attached hydrogen (secondary N) is 1. The molecule has 3 fully saturated rings. The Morgan fingerprint density at radius 2 is 1.56 bits per heavy atom. The van der Waals surface area contributed by atoms with Crippen molar-refractivity contribution in [2.75, 3.05) is 19.6 Å². The number of carbonyl (C=O) groups is 2. The lowest BCUT2D eigenvalue weighted by atomic mass is 9.96. The van der Waals surface area contributed by atoms with Crippen molar-refractivity contribution in [3.63, 3.8) is 0 Å². The van der Waals surface area contributed by atoms with E-state index < -0.39 is 0 Å². The summed E-state index contributed by atoms with van der Waals surface area (Å²) in [7, 11) is 0. The Labute approximate surface area is 108 Å². The Hall–Kier alpha value is -1.06. The number of nitrogens with zero attached hydrogens (tertiary/aromatic N) is 1. The van der Waals surface area contributed by atoms with Gasteiger partial charge in [0.1, 0.15) is 0 Å². The van der Waals surface area contributed by atoms with E-state index in [1.165, 1.54) is 0 Å². The molecule has 1 aliphatic heterocycles. The minimum Gasteiger partial charge on any atom is -0.356 e. The van der Waals surface area contributed by atoms with Crippen LogP contribution in [0.5, 0.6) is 0 Å². The van der Waals surface area contributed by atoms with Crippen molar-refractivity contribution in [1.82, 2.24) is 10.2 Å². The Bertz CT molecular complexity index is 340. The van der Waals surface area contributed by atoms with Gasteiger partial charge in [-0.15, -0.1) is 0 Å². The number of rotatable bonds is 4. The van der Waals surface area contributed by atoms with Crippen molar-refractivity contribution in [2.45, 2.75) is 38.5 Å². The standard InChI is InChI=1S/C14H22N2O2/c17-13(11-1-2-11)15-9-10-5-7-16(8-6-10)14(18)12-3-4-12/h10-12H,1-9H2,(H,15,17). The third-order valence-corrected chi connectivity index (χ3v) is 4.37. The van der Waals surface area contributed by atoms with Crippen LogP contribution in [0.4, 0.5) is 0 Å². The van der Waals surface area contributed by atoms with E-state index in [1.807, 2.05) is 4.90 Å². The number of piperidine rings is 1. The second-order valence-corrected chi connectivity index (χ2v) is 6.06. The zero-order valence-electron chi connectivity index (χ0n) is 10.9. The molecule has 0 aromatic rings.